The molecule has 34 heavy (non-hydrogen) atoms. The highest BCUT2D eigenvalue weighted by atomic mass is 79.9. The van der Waals surface area contributed by atoms with E-state index in [1.54, 1.807) is 7.11 Å². The minimum absolute atomic E-state index is 0.0526. The van der Waals surface area contributed by atoms with Crippen molar-refractivity contribution >= 4 is 21.8 Å². The zero-order chi connectivity index (χ0) is 23.8. The summed E-state index contributed by atoms with van der Waals surface area (Å²) in [7, 11) is 1.64. The van der Waals surface area contributed by atoms with E-state index in [-0.39, 0.29) is 11.9 Å². The third-order valence-corrected chi connectivity index (χ3v) is 7.03. The Kier molecular flexibility index (Phi) is 8.61. The van der Waals surface area contributed by atoms with Gasteiger partial charge in [0, 0.05) is 10.5 Å². The summed E-state index contributed by atoms with van der Waals surface area (Å²) < 4.78 is 12.5. The molecule has 1 aliphatic heterocycles. The van der Waals surface area contributed by atoms with Crippen LogP contribution in [0.2, 0.25) is 0 Å². The van der Waals surface area contributed by atoms with Crippen molar-refractivity contribution in [1.29, 1.82) is 0 Å². The van der Waals surface area contributed by atoms with E-state index in [1.165, 1.54) is 0 Å². The van der Waals surface area contributed by atoms with Crippen molar-refractivity contribution in [3.63, 3.8) is 0 Å². The standard InChI is InChI=1S/C28H31BrN2O3/c1-33-26-11-4-5-12-27(26)34-23-9-6-7-20(17-23)18-25(21-13-15-30-16-14-21)31-28(32)19-22-8-2-3-10-24(22)29/h2-12,17,21,25,30H,13-16,18-19H2,1H3,(H,31,32). The first-order valence-corrected chi connectivity index (χ1v) is 12.5. The van der Waals surface area contributed by atoms with Crippen LogP contribution in [-0.2, 0) is 17.6 Å². The Bertz CT molecular complexity index is 1100. The Balaban J connectivity index is 1.48. The molecule has 0 saturated carbocycles. The van der Waals surface area contributed by atoms with E-state index in [2.05, 4.69) is 38.7 Å². The number of carbonyl (C=O) groups is 1. The van der Waals surface area contributed by atoms with E-state index in [0.717, 1.165) is 53.7 Å². The fraction of sp³-hybridized carbons (Fsp3) is 0.321. The second kappa shape index (κ2) is 12.0. The third kappa shape index (κ3) is 6.61. The molecule has 4 rings (SSSR count). The summed E-state index contributed by atoms with van der Waals surface area (Å²) in [6.07, 6.45) is 3.23. The van der Waals surface area contributed by atoms with E-state index >= 15 is 0 Å². The van der Waals surface area contributed by atoms with Crippen LogP contribution in [0.3, 0.4) is 0 Å². The summed E-state index contributed by atoms with van der Waals surface area (Å²) in [6.45, 7) is 1.97. The average Bonchev–Trinajstić information content (AvgIpc) is 2.86. The smallest absolute Gasteiger partial charge is 0.224 e. The number of benzene rings is 3. The number of ether oxygens (including phenoxy) is 2. The van der Waals surface area contributed by atoms with Gasteiger partial charge in [0.05, 0.1) is 13.5 Å². The van der Waals surface area contributed by atoms with Gasteiger partial charge in [-0.25, -0.2) is 0 Å². The molecule has 2 N–H and O–H groups in total. The maximum Gasteiger partial charge on any atom is 0.224 e. The van der Waals surface area contributed by atoms with Crippen LogP contribution in [0.25, 0.3) is 0 Å². The van der Waals surface area contributed by atoms with Crippen LogP contribution in [0.5, 0.6) is 17.2 Å². The van der Waals surface area contributed by atoms with Crippen molar-refractivity contribution in [2.45, 2.75) is 31.7 Å². The van der Waals surface area contributed by atoms with Crippen LogP contribution in [0.4, 0.5) is 0 Å². The molecule has 6 heteroatoms. The van der Waals surface area contributed by atoms with Gasteiger partial charge >= 0.3 is 0 Å². The molecule has 0 aliphatic carbocycles. The molecule has 1 atom stereocenters. The number of piperidine rings is 1. The Morgan fingerprint density at radius 1 is 1.03 bits per heavy atom. The Morgan fingerprint density at radius 2 is 1.76 bits per heavy atom. The zero-order valence-electron chi connectivity index (χ0n) is 19.4. The van der Waals surface area contributed by atoms with Crippen molar-refractivity contribution in [1.82, 2.24) is 10.6 Å². The second-order valence-corrected chi connectivity index (χ2v) is 9.49. The summed E-state index contributed by atoms with van der Waals surface area (Å²) in [6, 6.07) is 23.7. The Labute approximate surface area is 210 Å². The Hall–Kier alpha value is -2.83. The minimum atomic E-state index is 0.0526. The normalized spacial score (nSPS) is 14.9. The lowest BCUT2D eigenvalue weighted by Crippen LogP contribution is -2.46. The van der Waals surface area contributed by atoms with Gasteiger partial charge in [-0.1, -0.05) is 58.4 Å². The fourth-order valence-electron chi connectivity index (χ4n) is 4.47. The molecule has 0 bridgehead atoms. The van der Waals surface area contributed by atoms with Gasteiger partial charge in [0.15, 0.2) is 11.5 Å². The predicted molar refractivity (Wildman–Crippen MR) is 139 cm³/mol. The highest BCUT2D eigenvalue weighted by Crippen LogP contribution is 2.31. The second-order valence-electron chi connectivity index (χ2n) is 8.63. The molecule has 0 aromatic heterocycles. The molecule has 0 radical (unpaired) electrons. The molecule has 1 amide bonds. The number of nitrogens with one attached hydrogen (secondary N) is 2. The minimum Gasteiger partial charge on any atom is -0.493 e. The zero-order valence-corrected chi connectivity index (χ0v) is 21.0. The van der Waals surface area contributed by atoms with Crippen molar-refractivity contribution < 1.29 is 14.3 Å². The lowest BCUT2D eigenvalue weighted by atomic mass is 9.86. The van der Waals surface area contributed by atoms with Crippen LogP contribution >= 0.6 is 15.9 Å². The van der Waals surface area contributed by atoms with Gasteiger partial charge in [-0.05, 0) is 79.7 Å². The number of hydrogen-bond acceptors (Lipinski definition) is 4. The summed E-state index contributed by atoms with van der Waals surface area (Å²) in [5.74, 6) is 2.62. The molecule has 1 heterocycles. The van der Waals surface area contributed by atoms with Gasteiger partial charge in [0.1, 0.15) is 5.75 Å². The van der Waals surface area contributed by atoms with E-state index in [0.29, 0.717) is 23.8 Å². The monoisotopic (exact) mass is 522 g/mol. The molecule has 1 unspecified atom stereocenters. The van der Waals surface area contributed by atoms with Gasteiger partial charge < -0.3 is 20.1 Å². The topological polar surface area (TPSA) is 59.6 Å². The number of halogens is 1. The van der Waals surface area contributed by atoms with Crippen molar-refractivity contribution in [2.75, 3.05) is 20.2 Å². The molecule has 1 saturated heterocycles. The number of rotatable bonds is 9. The third-order valence-electron chi connectivity index (χ3n) is 6.26. The van der Waals surface area contributed by atoms with Crippen LogP contribution in [0.1, 0.15) is 24.0 Å². The fourth-order valence-corrected chi connectivity index (χ4v) is 4.90. The van der Waals surface area contributed by atoms with Crippen LogP contribution in [-0.4, -0.2) is 32.1 Å². The maximum atomic E-state index is 13.0. The highest BCUT2D eigenvalue weighted by molar-refractivity contribution is 9.10. The maximum absolute atomic E-state index is 13.0. The van der Waals surface area contributed by atoms with E-state index in [4.69, 9.17) is 9.47 Å². The molecular formula is C28H31BrN2O3. The van der Waals surface area contributed by atoms with Gasteiger partial charge in [0.2, 0.25) is 5.91 Å². The number of amides is 1. The molecule has 0 spiro atoms. The van der Waals surface area contributed by atoms with E-state index in [1.807, 2.05) is 60.7 Å². The molecular weight excluding hydrogens is 492 g/mol. The molecule has 5 nitrogen and oxygen atoms in total. The van der Waals surface area contributed by atoms with E-state index in [9.17, 15) is 4.79 Å². The first-order chi connectivity index (χ1) is 16.6. The van der Waals surface area contributed by atoms with Gasteiger partial charge in [0.25, 0.3) is 0 Å². The van der Waals surface area contributed by atoms with E-state index < -0.39 is 0 Å². The predicted octanol–water partition coefficient (Wildman–Crippen LogP) is 5.52. The largest absolute Gasteiger partial charge is 0.493 e. The van der Waals surface area contributed by atoms with Crippen molar-refractivity contribution in [2.24, 2.45) is 5.92 Å². The first kappa shape index (κ1) is 24.3. The SMILES string of the molecule is COc1ccccc1Oc1cccc(CC(NC(=O)Cc2ccccc2Br)C2CCNCC2)c1. The molecule has 3 aromatic rings. The summed E-state index contributed by atoms with van der Waals surface area (Å²) in [4.78, 5) is 13.0. The number of carbonyl (C=O) groups excluding carboxylic acids is 1. The molecule has 1 aliphatic rings. The van der Waals surface area contributed by atoms with Crippen LogP contribution in [0, 0.1) is 5.92 Å². The molecule has 1 fully saturated rings. The quantitative estimate of drug-likeness (QED) is 0.388. The Morgan fingerprint density at radius 3 is 2.53 bits per heavy atom. The van der Waals surface area contributed by atoms with Gasteiger partial charge in [-0.2, -0.15) is 0 Å². The molecule has 3 aromatic carbocycles. The van der Waals surface area contributed by atoms with Crippen LogP contribution in [0.15, 0.2) is 77.3 Å². The molecule has 178 valence electrons. The van der Waals surface area contributed by atoms with Crippen molar-refractivity contribution in [3.8, 4) is 17.2 Å². The summed E-state index contributed by atoms with van der Waals surface area (Å²) in [5.41, 5.74) is 2.13. The van der Waals surface area contributed by atoms with Gasteiger partial charge in [-0.15, -0.1) is 0 Å². The summed E-state index contributed by atoms with van der Waals surface area (Å²) >= 11 is 3.56. The number of para-hydroxylation sites is 2. The average molecular weight is 523 g/mol. The lowest BCUT2D eigenvalue weighted by Gasteiger charge is -2.31. The summed E-state index contributed by atoms with van der Waals surface area (Å²) in [5, 5.41) is 6.78. The highest BCUT2D eigenvalue weighted by Gasteiger charge is 2.25. The lowest BCUT2D eigenvalue weighted by molar-refractivity contribution is -0.121. The van der Waals surface area contributed by atoms with Gasteiger partial charge in [-0.3, -0.25) is 4.79 Å². The number of methoxy groups -OCH3 is 1. The first-order valence-electron chi connectivity index (χ1n) is 11.8. The number of hydrogen-bond donors (Lipinski definition) is 2. The van der Waals surface area contributed by atoms with Crippen LogP contribution < -0.4 is 20.1 Å². The van der Waals surface area contributed by atoms with Crippen molar-refractivity contribution in [3.05, 3.63) is 88.4 Å².